The lowest BCUT2D eigenvalue weighted by Crippen LogP contribution is -2.47. The van der Waals surface area contributed by atoms with E-state index in [0.29, 0.717) is 13.1 Å². The van der Waals surface area contributed by atoms with Gasteiger partial charge >= 0.3 is 6.09 Å². The van der Waals surface area contributed by atoms with E-state index in [9.17, 15) is 4.79 Å². The zero-order valence-corrected chi connectivity index (χ0v) is 10.6. The lowest BCUT2D eigenvalue weighted by Gasteiger charge is -2.33. The van der Waals surface area contributed by atoms with Crippen molar-refractivity contribution in [2.75, 3.05) is 26.2 Å². The van der Waals surface area contributed by atoms with E-state index < -0.39 is 6.09 Å². The summed E-state index contributed by atoms with van der Waals surface area (Å²) in [6, 6.07) is 6.16. The third-order valence-corrected chi connectivity index (χ3v) is 3.65. The van der Waals surface area contributed by atoms with Crippen molar-refractivity contribution in [2.24, 2.45) is 0 Å². The molecule has 1 aromatic heterocycles. The second kappa shape index (κ2) is 4.93. The number of nitrogens with zero attached hydrogens (tertiary/aromatic N) is 2. The standard InChI is InChI=1S/C14H16N2O3/c17-14(18)16-6-4-15(5-7-16)8-11-2-1-3-12-9-19-10-13(11)12/h1-3,9-10H,4-8H2,(H,17,18). The van der Waals surface area contributed by atoms with Crippen molar-refractivity contribution >= 4 is 16.9 Å². The fourth-order valence-electron chi connectivity index (χ4n) is 2.53. The first-order chi connectivity index (χ1) is 9.24. The normalized spacial score (nSPS) is 16.9. The zero-order valence-electron chi connectivity index (χ0n) is 10.6. The number of amides is 1. The predicted molar refractivity (Wildman–Crippen MR) is 71.1 cm³/mol. The molecule has 1 fully saturated rings. The Morgan fingerprint density at radius 3 is 2.74 bits per heavy atom. The van der Waals surface area contributed by atoms with Crippen LogP contribution in [0.2, 0.25) is 0 Å². The maximum atomic E-state index is 10.9. The average Bonchev–Trinajstić information content (AvgIpc) is 2.89. The molecule has 1 N–H and O–H groups in total. The Morgan fingerprint density at radius 2 is 2.00 bits per heavy atom. The monoisotopic (exact) mass is 260 g/mol. The van der Waals surface area contributed by atoms with E-state index >= 15 is 0 Å². The SMILES string of the molecule is O=C(O)N1CCN(Cc2cccc3cocc23)CC1. The van der Waals surface area contributed by atoms with Gasteiger partial charge < -0.3 is 14.4 Å². The quantitative estimate of drug-likeness (QED) is 0.899. The van der Waals surface area contributed by atoms with Crippen molar-refractivity contribution in [3.63, 3.8) is 0 Å². The molecule has 2 aromatic rings. The Balaban J connectivity index is 1.69. The first kappa shape index (κ1) is 12.0. The maximum Gasteiger partial charge on any atom is 0.407 e. The van der Waals surface area contributed by atoms with Gasteiger partial charge in [-0.15, -0.1) is 0 Å². The van der Waals surface area contributed by atoms with Crippen LogP contribution >= 0.6 is 0 Å². The number of benzene rings is 1. The van der Waals surface area contributed by atoms with E-state index in [0.717, 1.165) is 30.4 Å². The van der Waals surface area contributed by atoms with Crippen LogP contribution in [-0.2, 0) is 6.54 Å². The summed E-state index contributed by atoms with van der Waals surface area (Å²) < 4.78 is 5.24. The molecule has 19 heavy (non-hydrogen) atoms. The molecular weight excluding hydrogens is 244 g/mol. The first-order valence-corrected chi connectivity index (χ1v) is 6.38. The molecule has 0 radical (unpaired) electrons. The Bertz CT molecular complexity index is 585. The van der Waals surface area contributed by atoms with E-state index in [4.69, 9.17) is 9.52 Å². The number of piperazine rings is 1. The van der Waals surface area contributed by atoms with Crippen LogP contribution in [0.25, 0.3) is 10.8 Å². The number of furan rings is 1. The van der Waals surface area contributed by atoms with Crippen LogP contribution in [0, 0.1) is 0 Å². The van der Waals surface area contributed by atoms with Crippen molar-refractivity contribution in [1.82, 2.24) is 9.80 Å². The minimum absolute atomic E-state index is 0.580. The van der Waals surface area contributed by atoms with Gasteiger partial charge in [-0.1, -0.05) is 18.2 Å². The molecule has 0 spiro atoms. The van der Waals surface area contributed by atoms with Crippen molar-refractivity contribution in [2.45, 2.75) is 6.54 Å². The molecule has 0 saturated carbocycles. The van der Waals surface area contributed by atoms with Crippen molar-refractivity contribution in [3.8, 4) is 0 Å². The predicted octanol–water partition coefficient (Wildman–Crippen LogP) is 2.23. The topological polar surface area (TPSA) is 56.9 Å². The lowest BCUT2D eigenvalue weighted by atomic mass is 10.1. The molecule has 1 aromatic carbocycles. The van der Waals surface area contributed by atoms with Gasteiger partial charge in [0.1, 0.15) is 0 Å². The third-order valence-electron chi connectivity index (χ3n) is 3.65. The molecule has 0 bridgehead atoms. The van der Waals surface area contributed by atoms with Crippen LogP contribution in [0.15, 0.2) is 35.1 Å². The number of rotatable bonds is 2. The molecule has 0 unspecified atom stereocenters. The minimum atomic E-state index is -0.823. The molecule has 2 heterocycles. The Morgan fingerprint density at radius 1 is 1.21 bits per heavy atom. The molecule has 5 heteroatoms. The molecule has 3 rings (SSSR count). The molecule has 1 amide bonds. The van der Waals surface area contributed by atoms with E-state index in [2.05, 4.69) is 11.0 Å². The highest BCUT2D eigenvalue weighted by molar-refractivity contribution is 5.84. The molecule has 0 aliphatic carbocycles. The zero-order chi connectivity index (χ0) is 13.2. The van der Waals surface area contributed by atoms with Gasteiger partial charge in [-0.2, -0.15) is 0 Å². The van der Waals surface area contributed by atoms with Gasteiger partial charge in [0.15, 0.2) is 0 Å². The number of fused-ring (bicyclic) bond motifs is 1. The second-order valence-corrected chi connectivity index (χ2v) is 4.84. The molecule has 1 saturated heterocycles. The number of carboxylic acid groups (broad SMARTS) is 1. The molecule has 5 nitrogen and oxygen atoms in total. The van der Waals surface area contributed by atoms with Crippen LogP contribution in [0.3, 0.4) is 0 Å². The van der Waals surface area contributed by atoms with Crippen molar-refractivity contribution in [3.05, 3.63) is 36.3 Å². The van der Waals surface area contributed by atoms with E-state index in [1.807, 2.05) is 12.1 Å². The summed E-state index contributed by atoms with van der Waals surface area (Å²) in [5, 5.41) is 11.2. The average molecular weight is 260 g/mol. The number of carbonyl (C=O) groups is 1. The Hall–Kier alpha value is -2.01. The summed E-state index contributed by atoms with van der Waals surface area (Å²) in [7, 11) is 0. The smallest absolute Gasteiger partial charge is 0.407 e. The molecule has 1 aliphatic heterocycles. The van der Waals surface area contributed by atoms with Gasteiger partial charge in [-0.3, -0.25) is 4.90 Å². The van der Waals surface area contributed by atoms with Crippen molar-refractivity contribution in [1.29, 1.82) is 0 Å². The molecule has 0 atom stereocenters. The largest absolute Gasteiger partial charge is 0.471 e. The molecular formula is C14H16N2O3. The summed E-state index contributed by atoms with van der Waals surface area (Å²) in [5.74, 6) is 0. The van der Waals surface area contributed by atoms with E-state index in [1.54, 1.807) is 12.5 Å². The van der Waals surface area contributed by atoms with Gasteiger partial charge in [0.05, 0.1) is 12.5 Å². The van der Waals surface area contributed by atoms with E-state index in [-0.39, 0.29) is 0 Å². The van der Waals surface area contributed by atoms with Gasteiger partial charge in [-0.25, -0.2) is 4.79 Å². The van der Waals surface area contributed by atoms with E-state index in [1.165, 1.54) is 10.5 Å². The van der Waals surface area contributed by atoms with Gasteiger partial charge in [0, 0.05) is 43.5 Å². The summed E-state index contributed by atoms with van der Waals surface area (Å²) in [5.41, 5.74) is 1.23. The number of hydrogen-bond donors (Lipinski definition) is 1. The summed E-state index contributed by atoms with van der Waals surface area (Å²) in [6.07, 6.45) is 2.70. The second-order valence-electron chi connectivity index (χ2n) is 4.84. The first-order valence-electron chi connectivity index (χ1n) is 6.38. The highest BCUT2D eigenvalue weighted by Gasteiger charge is 2.20. The van der Waals surface area contributed by atoms with Crippen LogP contribution in [0.4, 0.5) is 4.79 Å². The van der Waals surface area contributed by atoms with Crippen LogP contribution < -0.4 is 0 Å². The fourth-order valence-corrected chi connectivity index (χ4v) is 2.53. The summed E-state index contributed by atoms with van der Waals surface area (Å²) >= 11 is 0. The molecule has 1 aliphatic rings. The number of hydrogen-bond acceptors (Lipinski definition) is 3. The minimum Gasteiger partial charge on any atom is -0.471 e. The highest BCUT2D eigenvalue weighted by atomic mass is 16.4. The van der Waals surface area contributed by atoms with Gasteiger partial charge in [-0.05, 0) is 5.56 Å². The maximum absolute atomic E-state index is 10.9. The molecule has 100 valence electrons. The van der Waals surface area contributed by atoms with Gasteiger partial charge in [0.25, 0.3) is 0 Å². The third kappa shape index (κ3) is 2.42. The lowest BCUT2D eigenvalue weighted by molar-refractivity contribution is 0.103. The van der Waals surface area contributed by atoms with Crippen molar-refractivity contribution < 1.29 is 14.3 Å². The van der Waals surface area contributed by atoms with Crippen LogP contribution in [0.5, 0.6) is 0 Å². The fraction of sp³-hybridized carbons (Fsp3) is 0.357. The summed E-state index contributed by atoms with van der Waals surface area (Å²) in [4.78, 5) is 14.6. The summed E-state index contributed by atoms with van der Waals surface area (Å²) in [6.45, 7) is 3.55. The van der Waals surface area contributed by atoms with Crippen LogP contribution in [0.1, 0.15) is 5.56 Å². The highest BCUT2D eigenvalue weighted by Crippen LogP contribution is 2.21. The van der Waals surface area contributed by atoms with Gasteiger partial charge in [0.2, 0.25) is 0 Å². The van der Waals surface area contributed by atoms with Crippen LogP contribution in [-0.4, -0.2) is 47.2 Å². The Labute approximate surface area is 111 Å². The Kier molecular flexibility index (Phi) is 3.13.